The number of rotatable bonds is 8. The summed E-state index contributed by atoms with van der Waals surface area (Å²) in [6, 6.07) is 0.648. The highest BCUT2D eigenvalue weighted by Gasteiger charge is 2.25. The van der Waals surface area contributed by atoms with E-state index < -0.39 is 0 Å². The van der Waals surface area contributed by atoms with E-state index in [0.717, 1.165) is 45.8 Å². The molecule has 1 rings (SSSR count). The van der Waals surface area contributed by atoms with Gasteiger partial charge in [0.1, 0.15) is 0 Å². The molecule has 1 amide bonds. The van der Waals surface area contributed by atoms with Gasteiger partial charge in [0.2, 0.25) is 5.91 Å². The fourth-order valence-corrected chi connectivity index (χ4v) is 2.39. The summed E-state index contributed by atoms with van der Waals surface area (Å²) in [4.78, 5) is 19.0. The lowest BCUT2D eigenvalue weighted by molar-refractivity contribution is -0.134. The van der Waals surface area contributed by atoms with Gasteiger partial charge in [-0.3, -0.25) is 14.6 Å². The highest BCUT2D eigenvalue weighted by atomic mass is 16.2. The van der Waals surface area contributed by atoms with E-state index in [1.54, 1.807) is 0 Å². The minimum atomic E-state index is 0.118. The molecule has 0 aromatic rings. The molecule has 0 aromatic heterocycles. The van der Waals surface area contributed by atoms with Gasteiger partial charge in [0.15, 0.2) is 0 Å². The van der Waals surface area contributed by atoms with Crippen molar-refractivity contribution >= 4 is 5.91 Å². The predicted octanol–water partition coefficient (Wildman–Crippen LogP) is 2.21. The lowest BCUT2D eigenvalue weighted by atomic mass is 10.1. The largest absolute Gasteiger partial charge is 0.342 e. The number of hydrogen-bond donors (Lipinski definition) is 0. The van der Waals surface area contributed by atoms with Crippen LogP contribution in [0.2, 0.25) is 0 Å². The van der Waals surface area contributed by atoms with Crippen LogP contribution in [-0.4, -0.2) is 59.6 Å². The minimum absolute atomic E-state index is 0.118. The Hall–Kier alpha value is -0.610. The Balaban J connectivity index is 2.21. The maximum absolute atomic E-state index is 12.0. The topological polar surface area (TPSA) is 26.8 Å². The molecule has 0 bridgehead atoms. The Bertz CT molecular complexity index is 273. The van der Waals surface area contributed by atoms with Gasteiger partial charge in [-0.05, 0) is 26.7 Å². The summed E-state index contributed by atoms with van der Waals surface area (Å²) >= 11 is 0. The average Bonchev–Trinajstić information content (AvgIpc) is 2.28. The van der Waals surface area contributed by atoms with Gasteiger partial charge < -0.3 is 4.90 Å². The zero-order valence-electron chi connectivity index (χ0n) is 13.4. The van der Waals surface area contributed by atoms with Crippen LogP contribution < -0.4 is 0 Å². The molecule has 0 atom stereocenters. The molecule has 0 aromatic carbocycles. The second-order valence-electron chi connectivity index (χ2n) is 6.19. The summed E-state index contributed by atoms with van der Waals surface area (Å²) in [5.74, 6) is 0.418. The molecule has 112 valence electrons. The van der Waals surface area contributed by atoms with Crippen molar-refractivity contribution < 1.29 is 4.79 Å². The Morgan fingerprint density at radius 3 is 2.26 bits per heavy atom. The Kier molecular flexibility index (Phi) is 6.80. The monoisotopic (exact) mass is 269 g/mol. The summed E-state index contributed by atoms with van der Waals surface area (Å²) < 4.78 is 0. The number of nitrogens with zero attached hydrogens (tertiary/aromatic N) is 3. The van der Waals surface area contributed by atoms with Crippen LogP contribution in [-0.2, 0) is 4.79 Å². The van der Waals surface area contributed by atoms with Crippen molar-refractivity contribution in [2.45, 2.75) is 53.5 Å². The Morgan fingerprint density at radius 1 is 1.16 bits per heavy atom. The summed E-state index contributed by atoms with van der Waals surface area (Å²) in [7, 11) is 0. The third kappa shape index (κ3) is 5.11. The minimum Gasteiger partial charge on any atom is -0.342 e. The van der Waals surface area contributed by atoms with Crippen LogP contribution in [0.1, 0.15) is 47.5 Å². The van der Waals surface area contributed by atoms with Crippen LogP contribution in [0.25, 0.3) is 0 Å². The van der Waals surface area contributed by atoms with E-state index in [-0.39, 0.29) is 5.92 Å². The molecule has 1 saturated heterocycles. The smallest absolute Gasteiger partial charge is 0.225 e. The maximum atomic E-state index is 12.0. The van der Waals surface area contributed by atoms with Gasteiger partial charge in [-0.25, -0.2) is 0 Å². The third-order valence-electron chi connectivity index (χ3n) is 3.70. The summed E-state index contributed by atoms with van der Waals surface area (Å²) in [5, 5.41) is 0. The van der Waals surface area contributed by atoms with E-state index in [9.17, 15) is 4.79 Å². The standard InChI is InChI=1S/C15H31N3O/c1-6-8-17(15(19)13(2)3)10-7-9-16-11-18(12-16)14(4)5/h13-14H,6-12H2,1-5H3. The van der Waals surface area contributed by atoms with E-state index in [1.165, 1.54) is 0 Å². The number of amides is 1. The van der Waals surface area contributed by atoms with Gasteiger partial charge in [-0.15, -0.1) is 0 Å². The molecule has 1 fully saturated rings. The molecular formula is C15H31N3O. The van der Waals surface area contributed by atoms with Crippen LogP contribution in [0.3, 0.4) is 0 Å². The quantitative estimate of drug-likeness (QED) is 0.676. The van der Waals surface area contributed by atoms with Gasteiger partial charge in [0, 0.05) is 31.6 Å². The first kappa shape index (κ1) is 16.4. The first-order chi connectivity index (χ1) is 8.95. The molecule has 1 aliphatic heterocycles. The van der Waals surface area contributed by atoms with Gasteiger partial charge in [0.25, 0.3) is 0 Å². The average molecular weight is 269 g/mol. The number of hydrogen-bond acceptors (Lipinski definition) is 3. The van der Waals surface area contributed by atoms with Crippen molar-refractivity contribution in [2.75, 3.05) is 33.0 Å². The van der Waals surface area contributed by atoms with E-state index >= 15 is 0 Å². The fourth-order valence-electron chi connectivity index (χ4n) is 2.39. The molecule has 1 heterocycles. The molecule has 4 nitrogen and oxygen atoms in total. The first-order valence-electron chi connectivity index (χ1n) is 7.70. The predicted molar refractivity (Wildman–Crippen MR) is 79.7 cm³/mol. The van der Waals surface area contributed by atoms with Crippen molar-refractivity contribution in [1.29, 1.82) is 0 Å². The Labute approximate surface area is 118 Å². The van der Waals surface area contributed by atoms with Gasteiger partial charge in [-0.1, -0.05) is 20.8 Å². The van der Waals surface area contributed by atoms with E-state index in [1.807, 2.05) is 18.7 Å². The summed E-state index contributed by atoms with van der Waals surface area (Å²) in [6.07, 6.45) is 2.13. The molecule has 0 radical (unpaired) electrons. The molecule has 0 aliphatic carbocycles. The van der Waals surface area contributed by atoms with Crippen molar-refractivity contribution in [3.63, 3.8) is 0 Å². The van der Waals surface area contributed by atoms with Crippen LogP contribution in [0, 0.1) is 5.92 Å². The van der Waals surface area contributed by atoms with Crippen molar-refractivity contribution in [3.8, 4) is 0 Å². The zero-order valence-corrected chi connectivity index (χ0v) is 13.4. The lowest BCUT2D eigenvalue weighted by Crippen LogP contribution is -2.58. The molecule has 0 N–H and O–H groups in total. The summed E-state index contributed by atoms with van der Waals surface area (Å²) in [6.45, 7) is 15.7. The normalized spacial score (nSPS) is 17.0. The van der Waals surface area contributed by atoms with Crippen LogP contribution in [0.5, 0.6) is 0 Å². The molecule has 1 aliphatic rings. The summed E-state index contributed by atoms with van der Waals surface area (Å²) in [5.41, 5.74) is 0. The highest BCUT2D eigenvalue weighted by Crippen LogP contribution is 2.13. The SMILES string of the molecule is CCCN(CCCN1CN(C(C)C)C1)C(=O)C(C)C. The van der Waals surface area contributed by atoms with E-state index in [2.05, 4.69) is 30.6 Å². The van der Waals surface area contributed by atoms with Gasteiger partial charge >= 0.3 is 0 Å². The molecule has 4 heteroatoms. The van der Waals surface area contributed by atoms with Crippen molar-refractivity contribution in [3.05, 3.63) is 0 Å². The second kappa shape index (κ2) is 7.85. The zero-order chi connectivity index (χ0) is 14.4. The lowest BCUT2D eigenvalue weighted by Gasteiger charge is -2.45. The van der Waals surface area contributed by atoms with Crippen molar-refractivity contribution in [1.82, 2.24) is 14.7 Å². The van der Waals surface area contributed by atoms with E-state index in [0.29, 0.717) is 11.9 Å². The molecular weight excluding hydrogens is 238 g/mol. The highest BCUT2D eigenvalue weighted by molar-refractivity contribution is 5.78. The van der Waals surface area contributed by atoms with Crippen LogP contribution >= 0.6 is 0 Å². The molecule has 19 heavy (non-hydrogen) atoms. The van der Waals surface area contributed by atoms with Crippen molar-refractivity contribution in [2.24, 2.45) is 5.92 Å². The first-order valence-corrected chi connectivity index (χ1v) is 7.70. The van der Waals surface area contributed by atoms with Gasteiger partial charge in [0.05, 0.1) is 13.3 Å². The number of carbonyl (C=O) groups is 1. The van der Waals surface area contributed by atoms with E-state index in [4.69, 9.17) is 0 Å². The maximum Gasteiger partial charge on any atom is 0.225 e. The number of carbonyl (C=O) groups excluding carboxylic acids is 1. The Morgan fingerprint density at radius 2 is 1.79 bits per heavy atom. The van der Waals surface area contributed by atoms with Gasteiger partial charge in [-0.2, -0.15) is 0 Å². The third-order valence-corrected chi connectivity index (χ3v) is 3.70. The molecule has 0 saturated carbocycles. The second-order valence-corrected chi connectivity index (χ2v) is 6.19. The van der Waals surface area contributed by atoms with Crippen LogP contribution in [0.4, 0.5) is 0 Å². The fraction of sp³-hybridized carbons (Fsp3) is 0.933. The molecule has 0 spiro atoms. The molecule has 0 unspecified atom stereocenters. The van der Waals surface area contributed by atoms with Crippen LogP contribution in [0.15, 0.2) is 0 Å².